The first-order valence-electron chi connectivity index (χ1n) is 6.96. The average Bonchev–Trinajstić information content (AvgIpc) is 2.44. The van der Waals surface area contributed by atoms with E-state index in [1.54, 1.807) is 22.7 Å². The third-order valence-corrected chi connectivity index (χ3v) is 4.19. The van der Waals surface area contributed by atoms with E-state index in [0.29, 0.717) is 11.4 Å². The number of pyridine rings is 1. The highest BCUT2D eigenvalue weighted by atomic mass is 32.2. The second-order valence-electron chi connectivity index (χ2n) is 6.24. The lowest BCUT2D eigenvalue weighted by molar-refractivity contribution is 0.0757. The van der Waals surface area contributed by atoms with Crippen molar-refractivity contribution in [3.63, 3.8) is 0 Å². The number of hydrogen-bond acceptors (Lipinski definition) is 5. The number of amides is 1. The second-order valence-corrected chi connectivity index (χ2v) is 7.15. The van der Waals surface area contributed by atoms with Gasteiger partial charge in [0, 0.05) is 35.5 Å². The van der Waals surface area contributed by atoms with Crippen molar-refractivity contribution in [1.82, 2.24) is 9.88 Å². The first-order chi connectivity index (χ1) is 9.70. The van der Waals surface area contributed by atoms with Gasteiger partial charge >= 0.3 is 0 Å². The number of nitrogens with one attached hydrogen (secondary N) is 1. The first-order valence-corrected chi connectivity index (χ1v) is 8.35. The summed E-state index contributed by atoms with van der Waals surface area (Å²) in [5.74, 6) is 6.88. The first kappa shape index (κ1) is 17.8. The summed E-state index contributed by atoms with van der Waals surface area (Å²) in [4.78, 5) is 18.8. The van der Waals surface area contributed by atoms with Gasteiger partial charge < -0.3 is 10.3 Å². The molecule has 1 rings (SSSR count). The molecular weight excluding hydrogens is 284 g/mol. The third kappa shape index (κ3) is 4.61. The molecule has 6 heteroatoms. The van der Waals surface area contributed by atoms with Crippen LogP contribution < -0.4 is 11.3 Å². The van der Waals surface area contributed by atoms with E-state index in [-0.39, 0.29) is 17.4 Å². The molecule has 0 aliphatic carbocycles. The van der Waals surface area contributed by atoms with Gasteiger partial charge in [-0.2, -0.15) is 11.8 Å². The van der Waals surface area contributed by atoms with Crippen molar-refractivity contribution in [3.05, 3.63) is 23.4 Å². The van der Waals surface area contributed by atoms with Crippen LogP contribution in [0.3, 0.4) is 0 Å². The molecule has 0 fully saturated rings. The molecule has 5 nitrogen and oxygen atoms in total. The number of rotatable bonds is 5. The maximum Gasteiger partial charge on any atom is 0.254 e. The summed E-state index contributed by atoms with van der Waals surface area (Å²) in [5.41, 5.74) is 3.84. The number of carbonyl (C=O) groups excluding carboxylic acids is 1. The van der Waals surface area contributed by atoms with Crippen LogP contribution >= 0.6 is 11.8 Å². The van der Waals surface area contributed by atoms with Crippen LogP contribution in [-0.4, -0.2) is 40.9 Å². The van der Waals surface area contributed by atoms with E-state index in [1.165, 1.54) is 0 Å². The number of hydrogen-bond donors (Lipinski definition) is 2. The summed E-state index contributed by atoms with van der Waals surface area (Å²) in [6, 6.07) is 3.72. The molecule has 0 saturated heterocycles. The lowest BCUT2D eigenvalue weighted by atomic mass is 9.90. The monoisotopic (exact) mass is 310 g/mol. The lowest BCUT2D eigenvalue weighted by Crippen LogP contribution is -2.37. The number of carbonyl (C=O) groups is 1. The van der Waals surface area contributed by atoms with Gasteiger partial charge in [-0.3, -0.25) is 4.79 Å². The van der Waals surface area contributed by atoms with E-state index in [4.69, 9.17) is 5.84 Å². The second kappa shape index (κ2) is 7.13. The lowest BCUT2D eigenvalue weighted by Gasteiger charge is -2.26. The Bertz CT molecular complexity index is 499. The Balaban J connectivity index is 3.14. The topological polar surface area (TPSA) is 71.2 Å². The Labute approximate surface area is 131 Å². The standard InChI is InChI=1S/C15H26N4OS/c1-10(9-21-6)19(5)14(20)11-7-12(15(2,3)4)17-13(8-11)18-16/h7-8,10H,9,16H2,1-6H3,(H,17,18). The average molecular weight is 310 g/mol. The van der Waals surface area contributed by atoms with Crippen molar-refractivity contribution in [2.45, 2.75) is 39.2 Å². The molecule has 0 aliphatic heterocycles. The minimum atomic E-state index is -0.147. The van der Waals surface area contributed by atoms with Gasteiger partial charge in [0.1, 0.15) is 5.82 Å². The van der Waals surface area contributed by atoms with Crippen molar-refractivity contribution >= 4 is 23.5 Å². The summed E-state index contributed by atoms with van der Waals surface area (Å²) < 4.78 is 0. The van der Waals surface area contributed by atoms with Crippen LogP contribution in [0.25, 0.3) is 0 Å². The van der Waals surface area contributed by atoms with Crippen LogP contribution in [0.15, 0.2) is 12.1 Å². The van der Waals surface area contributed by atoms with E-state index in [0.717, 1.165) is 11.4 Å². The summed E-state index contributed by atoms with van der Waals surface area (Å²) in [6.07, 6.45) is 2.04. The van der Waals surface area contributed by atoms with Crippen molar-refractivity contribution < 1.29 is 4.79 Å². The van der Waals surface area contributed by atoms with Gasteiger partial charge in [-0.25, -0.2) is 10.8 Å². The van der Waals surface area contributed by atoms with Gasteiger partial charge in [0.2, 0.25) is 0 Å². The smallest absolute Gasteiger partial charge is 0.254 e. The van der Waals surface area contributed by atoms with E-state index in [1.807, 2.05) is 26.3 Å². The fourth-order valence-electron chi connectivity index (χ4n) is 1.87. The zero-order valence-corrected chi connectivity index (χ0v) is 14.5. The summed E-state index contributed by atoms with van der Waals surface area (Å²) in [5, 5.41) is 0. The van der Waals surface area contributed by atoms with Gasteiger partial charge in [0.05, 0.1) is 0 Å². The van der Waals surface area contributed by atoms with Crippen LogP contribution in [0.4, 0.5) is 5.82 Å². The van der Waals surface area contributed by atoms with Crippen molar-refractivity contribution in [3.8, 4) is 0 Å². The molecule has 21 heavy (non-hydrogen) atoms. The summed E-state index contributed by atoms with van der Waals surface area (Å²) >= 11 is 1.73. The maximum atomic E-state index is 12.6. The molecule has 1 amide bonds. The largest absolute Gasteiger partial charge is 0.338 e. The molecule has 0 saturated carbocycles. The molecule has 1 unspecified atom stereocenters. The zero-order valence-electron chi connectivity index (χ0n) is 13.7. The predicted octanol–water partition coefficient (Wildman–Crippen LogP) is 2.49. The number of nitrogen functional groups attached to an aromatic ring is 1. The highest BCUT2D eigenvalue weighted by Gasteiger charge is 2.22. The quantitative estimate of drug-likeness (QED) is 0.646. The van der Waals surface area contributed by atoms with Gasteiger partial charge in [-0.05, 0) is 25.3 Å². The molecule has 1 aromatic heterocycles. The predicted molar refractivity (Wildman–Crippen MR) is 90.7 cm³/mol. The molecule has 3 N–H and O–H groups in total. The van der Waals surface area contributed by atoms with E-state index >= 15 is 0 Å². The fraction of sp³-hybridized carbons (Fsp3) is 0.600. The van der Waals surface area contributed by atoms with Gasteiger partial charge in [-0.15, -0.1) is 0 Å². The molecular formula is C15H26N4OS. The van der Waals surface area contributed by atoms with E-state index in [2.05, 4.69) is 31.2 Å². The summed E-state index contributed by atoms with van der Waals surface area (Å²) in [7, 11) is 1.83. The van der Waals surface area contributed by atoms with Crippen molar-refractivity contribution in [2.24, 2.45) is 5.84 Å². The van der Waals surface area contributed by atoms with E-state index in [9.17, 15) is 4.79 Å². The van der Waals surface area contributed by atoms with E-state index < -0.39 is 0 Å². The minimum Gasteiger partial charge on any atom is -0.338 e. The molecule has 0 aliphatic rings. The third-order valence-electron chi connectivity index (χ3n) is 3.38. The molecule has 0 aromatic carbocycles. The number of thioether (sulfide) groups is 1. The number of nitrogens with zero attached hydrogens (tertiary/aromatic N) is 2. The molecule has 0 bridgehead atoms. The number of hydrazine groups is 1. The van der Waals surface area contributed by atoms with Crippen LogP contribution in [-0.2, 0) is 5.41 Å². The zero-order chi connectivity index (χ0) is 16.2. The molecule has 1 aromatic rings. The molecule has 0 radical (unpaired) electrons. The summed E-state index contributed by atoms with van der Waals surface area (Å²) in [6.45, 7) is 8.22. The molecule has 118 valence electrons. The van der Waals surface area contributed by atoms with Crippen LogP contribution in [0.1, 0.15) is 43.7 Å². The van der Waals surface area contributed by atoms with Crippen LogP contribution in [0.5, 0.6) is 0 Å². The Morgan fingerprint density at radius 1 is 1.48 bits per heavy atom. The van der Waals surface area contributed by atoms with Crippen molar-refractivity contribution in [1.29, 1.82) is 0 Å². The molecule has 1 heterocycles. The number of nitrogens with two attached hydrogens (primary N) is 1. The van der Waals surface area contributed by atoms with Crippen molar-refractivity contribution in [2.75, 3.05) is 24.5 Å². The number of aromatic nitrogens is 1. The van der Waals surface area contributed by atoms with Gasteiger partial charge in [-0.1, -0.05) is 20.8 Å². The molecule has 0 spiro atoms. The van der Waals surface area contributed by atoms with Crippen LogP contribution in [0, 0.1) is 0 Å². The van der Waals surface area contributed by atoms with Gasteiger partial charge in [0.15, 0.2) is 0 Å². The van der Waals surface area contributed by atoms with Crippen LogP contribution in [0.2, 0.25) is 0 Å². The Morgan fingerprint density at radius 2 is 2.10 bits per heavy atom. The Hall–Kier alpha value is -1.27. The SMILES string of the molecule is CSCC(C)N(C)C(=O)c1cc(NN)nc(C(C)(C)C)c1. The van der Waals surface area contributed by atoms with Gasteiger partial charge in [0.25, 0.3) is 5.91 Å². The molecule has 1 atom stereocenters. The minimum absolute atomic E-state index is 0.0130. The normalized spacial score (nSPS) is 12.9. The maximum absolute atomic E-state index is 12.6. The number of anilines is 1. The highest BCUT2D eigenvalue weighted by molar-refractivity contribution is 7.98. The Kier molecular flexibility index (Phi) is 6.04. The Morgan fingerprint density at radius 3 is 2.57 bits per heavy atom. The fourth-order valence-corrected chi connectivity index (χ4v) is 2.58. The highest BCUT2D eigenvalue weighted by Crippen LogP contribution is 2.24.